The maximum Gasteiger partial charge on any atom is 0.321 e. The van der Waals surface area contributed by atoms with E-state index in [2.05, 4.69) is 35.9 Å². The van der Waals surface area contributed by atoms with Gasteiger partial charge in [-0.3, -0.25) is 9.59 Å². The fourth-order valence-electron chi connectivity index (χ4n) is 5.70. The van der Waals surface area contributed by atoms with Crippen molar-refractivity contribution < 1.29 is 19.1 Å². The van der Waals surface area contributed by atoms with Crippen LogP contribution in [-0.4, -0.2) is 38.0 Å². The summed E-state index contributed by atoms with van der Waals surface area (Å²) in [5.74, 6) is 0.328. The van der Waals surface area contributed by atoms with Crippen molar-refractivity contribution in [1.82, 2.24) is 25.3 Å². The van der Waals surface area contributed by atoms with Gasteiger partial charge in [0.05, 0.1) is 0 Å². The third-order valence-corrected chi connectivity index (χ3v) is 8.40. The average molecular weight is 692 g/mol. The molecule has 13 nitrogen and oxygen atoms in total. The Balaban J connectivity index is 1.13. The van der Waals surface area contributed by atoms with E-state index >= 15 is 0 Å². The van der Waals surface area contributed by atoms with Crippen LogP contribution in [-0.2, 0) is 25.9 Å². The van der Waals surface area contributed by atoms with Crippen molar-refractivity contribution in [3.8, 4) is 23.5 Å². The van der Waals surface area contributed by atoms with E-state index in [-0.39, 0.29) is 23.8 Å². The van der Waals surface area contributed by atoms with Gasteiger partial charge in [-0.2, -0.15) is 0 Å². The highest BCUT2D eigenvalue weighted by Crippen LogP contribution is 2.32. The first kappa shape index (κ1) is 33.5. The zero-order valence-electron chi connectivity index (χ0n) is 27.8. The number of nitrogen functional groups attached to an aromatic ring is 1. The predicted molar refractivity (Wildman–Crippen MR) is 196 cm³/mol. The molecule has 0 fully saturated rings. The van der Waals surface area contributed by atoms with Crippen LogP contribution in [0.5, 0.6) is 23.5 Å². The van der Waals surface area contributed by atoms with Gasteiger partial charge in [-0.15, -0.1) is 0 Å². The maximum atomic E-state index is 13.2. The molecule has 13 heteroatoms. The van der Waals surface area contributed by atoms with Crippen LogP contribution in [0.25, 0.3) is 0 Å². The van der Waals surface area contributed by atoms with E-state index in [4.69, 9.17) is 20.6 Å². The van der Waals surface area contributed by atoms with Crippen molar-refractivity contribution in [2.45, 2.75) is 25.9 Å². The van der Waals surface area contributed by atoms with Crippen LogP contribution < -0.4 is 31.2 Å². The SMILES string of the molecule is N=Cc1ccc(C(=O)Nc2ccc(CCc3ccc(NC(=O)c4ccc5c(c4)CNC5)cc3Oc3ncccn3)c(Oc3ncccn3)c2)cc1N. The summed E-state index contributed by atoms with van der Waals surface area (Å²) in [5.41, 5.74) is 12.8. The van der Waals surface area contributed by atoms with Crippen molar-refractivity contribution in [2.75, 3.05) is 16.4 Å². The number of hydrogen-bond donors (Lipinski definition) is 5. The number of ether oxygens (including phenoxy) is 2. The Bertz CT molecular complexity index is 2270. The zero-order valence-corrected chi connectivity index (χ0v) is 27.8. The van der Waals surface area contributed by atoms with Gasteiger partial charge in [-0.1, -0.05) is 24.3 Å². The zero-order chi connectivity index (χ0) is 35.9. The Hall–Kier alpha value is -6.99. The molecule has 0 aliphatic carbocycles. The number of amides is 2. The Morgan fingerprint density at radius 1 is 0.692 bits per heavy atom. The van der Waals surface area contributed by atoms with Crippen molar-refractivity contribution in [1.29, 1.82) is 5.41 Å². The molecule has 258 valence electrons. The second-order valence-electron chi connectivity index (χ2n) is 11.9. The number of nitrogens with zero attached hydrogens (tertiary/aromatic N) is 4. The molecular formula is C39H33N9O4. The first-order valence-electron chi connectivity index (χ1n) is 16.4. The van der Waals surface area contributed by atoms with E-state index in [0.717, 1.165) is 36.0 Å². The summed E-state index contributed by atoms with van der Waals surface area (Å²) in [6.45, 7) is 1.53. The molecule has 1 aliphatic rings. The summed E-state index contributed by atoms with van der Waals surface area (Å²) in [4.78, 5) is 43.2. The number of carbonyl (C=O) groups is 2. The molecule has 0 saturated heterocycles. The summed E-state index contributed by atoms with van der Waals surface area (Å²) < 4.78 is 12.3. The molecule has 0 radical (unpaired) electrons. The molecule has 4 aromatic carbocycles. The predicted octanol–water partition coefficient (Wildman–Crippen LogP) is 6.32. The van der Waals surface area contributed by atoms with Gasteiger partial charge in [0.2, 0.25) is 0 Å². The fraction of sp³-hybridized carbons (Fsp3) is 0.103. The minimum atomic E-state index is -0.372. The highest BCUT2D eigenvalue weighted by molar-refractivity contribution is 6.06. The minimum absolute atomic E-state index is 0.146. The van der Waals surface area contributed by atoms with Crippen molar-refractivity contribution in [2.24, 2.45) is 0 Å². The van der Waals surface area contributed by atoms with Gasteiger partial charge in [-0.25, -0.2) is 19.9 Å². The summed E-state index contributed by atoms with van der Waals surface area (Å²) >= 11 is 0. The molecule has 6 N–H and O–H groups in total. The molecule has 6 aromatic rings. The first-order valence-corrected chi connectivity index (χ1v) is 16.4. The van der Waals surface area contributed by atoms with Gasteiger partial charge in [-0.05, 0) is 83.6 Å². The highest BCUT2D eigenvalue weighted by atomic mass is 16.5. The quantitative estimate of drug-likeness (QED) is 0.0717. The molecule has 0 spiro atoms. The van der Waals surface area contributed by atoms with Crippen molar-refractivity contribution >= 4 is 35.1 Å². The van der Waals surface area contributed by atoms with Crippen molar-refractivity contribution in [3.63, 3.8) is 0 Å². The van der Waals surface area contributed by atoms with E-state index in [9.17, 15) is 9.59 Å². The second kappa shape index (κ2) is 15.3. The number of nitrogens with one attached hydrogen (secondary N) is 4. The molecule has 0 unspecified atom stereocenters. The van der Waals surface area contributed by atoms with Crippen LogP contribution in [0.15, 0.2) is 110 Å². The molecule has 0 saturated carbocycles. The fourth-order valence-corrected chi connectivity index (χ4v) is 5.70. The Labute approximate surface area is 298 Å². The van der Waals surface area contributed by atoms with E-state index in [0.29, 0.717) is 58.1 Å². The van der Waals surface area contributed by atoms with Crippen molar-refractivity contribution in [3.05, 3.63) is 149 Å². The van der Waals surface area contributed by atoms with Crippen LogP contribution in [0.1, 0.15) is 48.5 Å². The van der Waals surface area contributed by atoms with Crippen LogP contribution in [0.2, 0.25) is 0 Å². The van der Waals surface area contributed by atoms with Gasteiger partial charge < -0.3 is 36.6 Å². The highest BCUT2D eigenvalue weighted by Gasteiger charge is 2.17. The number of carbonyl (C=O) groups excluding carboxylic acids is 2. The second-order valence-corrected chi connectivity index (χ2v) is 11.9. The van der Waals surface area contributed by atoms with Gasteiger partial charge >= 0.3 is 12.0 Å². The number of aryl methyl sites for hydroxylation is 2. The molecule has 52 heavy (non-hydrogen) atoms. The summed E-state index contributed by atoms with van der Waals surface area (Å²) in [5, 5.41) is 16.6. The van der Waals surface area contributed by atoms with E-state index in [1.54, 1.807) is 67.3 Å². The van der Waals surface area contributed by atoms with Crippen LogP contribution in [0.4, 0.5) is 17.1 Å². The van der Waals surface area contributed by atoms with E-state index < -0.39 is 0 Å². The Morgan fingerprint density at radius 2 is 1.21 bits per heavy atom. The third kappa shape index (κ3) is 7.90. The van der Waals surface area contributed by atoms with Crippen LogP contribution in [0, 0.1) is 5.41 Å². The van der Waals surface area contributed by atoms with Gasteiger partial charge in [0, 0.05) is 90.0 Å². The number of fused-ring (bicyclic) bond motifs is 1. The molecule has 2 amide bonds. The van der Waals surface area contributed by atoms with E-state index in [1.807, 2.05) is 36.4 Å². The Morgan fingerprint density at radius 3 is 1.75 bits per heavy atom. The monoisotopic (exact) mass is 691 g/mol. The number of hydrogen-bond acceptors (Lipinski definition) is 11. The topological polar surface area (TPSA) is 190 Å². The molecular weight excluding hydrogens is 658 g/mol. The number of benzene rings is 4. The van der Waals surface area contributed by atoms with Gasteiger partial charge in [0.1, 0.15) is 11.5 Å². The van der Waals surface area contributed by atoms with E-state index in [1.165, 1.54) is 11.6 Å². The Kier molecular flexibility index (Phi) is 9.84. The molecule has 2 aromatic heterocycles. The summed E-state index contributed by atoms with van der Waals surface area (Å²) in [6, 6.07) is 25.0. The molecule has 7 rings (SSSR count). The smallest absolute Gasteiger partial charge is 0.321 e. The molecule has 0 atom stereocenters. The number of rotatable bonds is 12. The third-order valence-electron chi connectivity index (χ3n) is 8.40. The number of aromatic nitrogens is 4. The average Bonchev–Trinajstić information content (AvgIpc) is 3.64. The summed E-state index contributed by atoms with van der Waals surface area (Å²) in [7, 11) is 0. The molecule has 1 aliphatic heterocycles. The normalized spacial score (nSPS) is 11.7. The lowest BCUT2D eigenvalue weighted by molar-refractivity contribution is 0.101. The number of anilines is 3. The standard InChI is InChI=1S/C39H33N9O4/c40-21-28-7-5-27(18-33(28)41)37(50)48-32-12-10-25(35(20-32)52-39-45-15-2-16-46-39)4-3-24-9-11-31(19-34(24)51-38-43-13-1-14-44-38)47-36(49)26-6-8-29-22-42-23-30(29)17-26/h1-2,5-21,40,42H,3-4,22-23,41H2,(H,47,49)(H,48,50). The minimum Gasteiger partial charge on any atom is -0.424 e. The first-order chi connectivity index (χ1) is 25.4. The summed E-state index contributed by atoms with van der Waals surface area (Å²) in [6.07, 6.45) is 8.47. The molecule has 3 heterocycles. The lowest BCUT2D eigenvalue weighted by Gasteiger charge is -2.15. The largest absolute Gasteiger partial charge is 0.424 e. The van der Waals surface area contributed by atoms with Gasteiger partial charge in [0.15, 0.2) is 0 Å². The van der Waals surface area contributed by atoms with Crippen LogP contribution in [0.3, 0.4) is 0 Å². The maximum absolute atomic E-state index is 13.2. The lowest BCUT2D eigenvalue weighted by Crippen LogP contribution is -2.13. The molecule has 0 bridgehead atoms. The number of nitrogens with two attached hydrogens (primary N) is 1. The van der Waals surface area contributed by atoms with Crippen LogP contribution >= 0.6 is 0 Å². The van der Waals surface area contributed by atoms with Gasteiger partial charge in [0.25, 0.3) is 11.8 Å². The lowest BCUT2D eigenvalue weighted by atomic mass is 10.0.